The van der Waals surface area contributed by atoms with Crippen LogP contribution in [0, 0.1) is 6.92 Å². The highest BCUT2D eigenvalue weighted by Gasteiger charge is 2.39. The molecule has 0 spiro atoms. The van der Waals surface area contributed by atoms with E-state index in [9.17, 15) is 13.2 Å². The van der Waals surface area contributed by atoms with Gasteiger partial charge in [0.15, 0.2) is 5.13 Å². The van der Waals surface area contributed by atoms with Crippen LogP contribution in [0.15, 0.2) is 53.4 Å². The topological polar surface area (TPSA) is 79.4 Å². The van der Waals surface area contributed by atoms with Crippen molar-refractivity contribution in [1.29, 1.82) is 0 Å². The lowest BCUT2D eigenvalue weighted by molar-refractivity contribution is -0.119. The minimum Gasteiger partial charge on any atom is -0.301 e. The van der Waals surface area contributed by atoms with Crippen molar-refractivity contribution >= 4 is 42.6 Å². The molecule has 0 radical (unpaired) electrons. The van der Waals surface area contributed by atoms with Gasteiger partial charge in [-0.25, -0.2) is 13.4 Å². The Kier molecular flexibility index (Phi) is 4.71. The Labute approximate surface area is 161 Å². The summed E-state index contributed by atoms with van der Waals surface area (Å²) in [5, 5.41) is 3.29. The Bertz CT molecular complexity index is 1060. The first kappa shape index (κ1) is 18.1. The summed E-state index contributed by atoms with van der Waals surface area (Å²) >= 11 is 1.38. The number of amides is 1. The van der Waals surface area contributed by atoms with Crippen molar-refractivity contribution in [3.05, 3.63) is 54.1 Å². The van der Waals surface area contributed by atoms with E-state index in [0.717, 1.165) is 15.8 Å². The van der Waals surface area contributed by atoms with E-state index in [2.05, 4.69) is 10.3 Å². The Balaban J connectivity index is 1.56. The van der Waals surface area contributed by atoms with E-state index < -0.39 is 16.1 Å². The molecule has 1 N–H and O–H groups in total. The first-order valence-electron chi connectivity index (χ1n) is 8.70. The second-order valence-electron chi connectivity index (χ2n) is 6.56. The van der Waals surface area contributed by atoms with Gasteiger partial charge in [-0.2, -0.15) is 4.31 Å². The van der Waals surface area contributed by atoms with E-state index in [4.69, 9.17) is 0 Å². The Morgan fingerprint density at radius 3 is 2.67 bits per heavy atom. The summed E-state index contributed by atoms with van der Waals surface area (Å²) in [6.45, 7) is 2.24. The lowest BCUT2D eigenvalue weighted by Gasteiger charge is -2.23. The predicted molar refractivity (Wildman–Crippen MR) is 106 cm³/mol. The van der Waals surface area contributed by atoms with Crippen molar-refractivity contribution in [1.82, 2.24) is 9.29 Å². The monoisotopic (exact) mass is 401 g/mol. The first-order valence-corrected chi connectivity index (χ1v) is 11.0. The van der Waals surface area contributed by atoms with Crippen molar-refractivity contribution in [3.63, 3.8) is 0 Å². The summed E-state index contributed by atoms with van der Waals surface area (Å²) in [4.78, 5) is 17.4. The summed E-state index contributed by atoms with van der Waals surface area (Å²) in [5.74, 6) is -0.331. The minimum absolute atomic E-state index is 0.216. The minimum atomic E-state index is -3.71. The van der Waals surface area contributed by atoms with Crippen molar-refractivity contribution < 1.29 is 13.2 Å². The third kappa shape index (κ3) is 3.47. The van der Waals surface area contributed by atoms with Gasteiger partial charge in [0, 0.05) is 6.54 Å². The second-order valence-corrected chi connectivity index (χ2v) is 9.48. The maximum Gasteiger partial charge on any atom is 0.244 e. The lowest BCUT2D eigenvalue weighted by Crippen LogP contribution is -2.43. The number of nitrogens with one attached hydrogen (secondary N) is 1. The van der Waals surface area contributed by atoms with Crippen molar-refractivity contribution in [2.24, 2.45) is 0 Å². The Hall–Kier alpha value is -2.29. The molecule has 27 heavy (non-hydrogen) atoms. The number of sulfonamides is 1. The Morgan fingerprint density at radius 2 is 1.93 bits per heavy atom. The maximum atomic E-state index is 13.0. The fourth-order valence-electron chi connectivity index (χ4n) is 3.25. The second kappa shape index (κ2) is 7.03. The summed E-state index contributed by atoms with van der Waals surface area (Å²) in [6.07, 6.45) is 1.16. The quantitative estimate of drug-likeness (QED) is 0.727. The maximum absolute atomic E-state index is 13.0. The fraction of sp³-hybridized carbons (Fsp3) is 0.263. The van der Waals surface area contributed by atoms with Gasteiger partial charge < -0.3 is 5.32 Å². The zero-order chi connectivity index (χ0) is 19.0. The van der Waals surface area contributed by atoms with Gasteiger partial charge in [0.25, 0.3) is 0 Å². The van der Waals surface area contributed by atoms with Gasteiger partial charge in [-0.3, -0.25) is 4.79 Å². The molecule has 1 atom stereocenters. The van der Waals surface area contributed by atoms with Crippen LogP contribution < -0.4 is 5.32 Å². The number of hydrogen-bond acceptors (Lipinski definition) is 5. The molecule has 0 unspecified atom stereocenters. The van der Waals surface area contributed by atoms with Gasteiger partial charge in [-0.05, 0) is 44.0 Å². The number of carbonyl (C=O) groups excluding carboxylic acids is 1. The van der Waals surface area contributed by atoms with E-state index in [0.29, 0.717) is 24.5 Å². The highest BCUT2D eigenvalue weighted by molar-refractivity contribution is 7.89. The molecule has 0 saturated carbocycles. The third-order valence-corrected chi connectivity index (χ3v) is 7.53. The van der Waals surface area contributed by atoms with Crippen LogP contribution in [-0.4, -0.2) is 36.2 Å². The van der Waals surface area contributed by atoms with Gasteiger partial charge in [-0.1, -0.05) is 41.2 Å². The highest BCUT2D eigenvalue weighted by Crippen LogP contribution is 2.29. The van der Waals surface area contributed by atoms with E-state index >= 15 is 0 Å². The van der Waals surface area contributed by atoms with Crippen LogP contribution in [0.4, 0.5) is 5.13 Å². The van der Waals surface area contributed by atoms with Crippen LogP contribution in [0.1, 0.15) is 18.4 Å². The smallest absolute Gasteiger partial charge is 0.244 e. The van der Waals surface area contributed by atoms with Crippen molar-refractivity contribution in [2.75, 3.05) is 11.9 Å². The lowest BCUT2D eigenvalue weighted by atomic mass is 10.2. The third-order valence-electron chi connectivity index (χ3n) is 4.66. The number of aryl methyl sites for hydroxylation is 1. The molecule has 1 aliphatic rings. The van der Waals surface area contributed by atoms with Crippen LogP contribution in [-0.2, 0) is 14.8 Å². The Morgan fingerprint density at radius 1 is 1.19 bits per heavy atom. The summed E-state index contributed by atoms with van der Waals surface area (Å²) in [6, 6.07) is 13.6. The summed E-state index contributed by atoms with van der Waals surface area (Å²) < 4.78 is 28.3. The number of thiazole rings is 1. The molecule has 140 valence electrons. The zero-order valence-electron chi connectivity index (χ0n) is 14.8. The molecule has 1 amide bonds. The van der Waals surface area contributed by atoms with Gasteiger partial charge in [0.2, 0.25) is 15.9 Å². The van der Waals surface area contributed by atoms with Crippen molar-refractivity contribution in [3.8, 4) is 0 Å². The summed E-state index contributed by atoms with van der Waals surface area (Å²) in [7, 11) is -3.71. The molecule has 2 heterocycles. The van der Waals surface area contributed by atoms with Crippen LogP contribution in [0.2, 0.25) is 0 Å². The molecule has 1 saturated heterocycles. The number of benzene rings is 2. The highest BCUT2D eigenvalue weighted by atomic mass is 32.2. The molecule has 1 aromatic heterocycles. The fourth-order valence-corrected chi connectivity index (χ4v) is 5.78. The number of fused-ring (bicyclic) bond motifs is 1. The molecule has 0 aliphatic carbocycles. The van der Waals surface area contributed by atoms with Crippen LogP contribution >= 0.6 is 11.3 Å². The van der Waals surface area contributed by atoms with Crippen molar-refractivity contribution in [2.45, 2.75) is 30.7 Å². The van der Waals surface area contributed by atoms with Crippen LogP contribution in [0.25, 0.3) is 10.2 Å². The molecular weight excluding hydrogens is 382 g/mol. The molecule has 8 heteroatoms. The largest absolute Gasteiger partial charge is 0.301 e. The first-order chi connectivity index (χ1) is 12.9. The van der Waals surface area contributed by atoms with Crippen LogP contribution in [0.5, 0.6) is 0 Å². The predicted octanol–water partition coefficient (Wildman–Crippen LogP) is 3.40. The average Bonchev–Trinajstić information content (AvgIpc) is 3.29. The van der Waals surface area contributed by atoms with E-state index in [-0.39, 0.29) is 10.8 Å². The molecule has 1 fully saturated rings. The number of rotatable bonds is 4. The molecule has 3 aromatic rings. The molecule has 4 rings (SSSR count). The van der Waals surface area contributed by atoms with Gasteiger partial charge in [0.05, 0.1) is 15.1 Å². The number of aromatic nitrogens is 1. The average molecular weight is 402 g/mol. The zero-order valence-corrected chi connectivity index (χ0v) is 16.4. The van der Waals surface area contributed by atoms with Crippen LogP contribution in [0.3, 0.4) is 0 Å². The standard InChI is InChI=1S/C19H19N3O3S2/c1-13-8-10-14(11-9-13)27(24,25)22-12-4-6-16(22)18(23)21-19-20-15-5-2-3-7-17(15)26-19/h2-3,5,7-11,16H,4,6,12H2,1H3,(H,20,21,23)/t16-/m0/s1. The molecule has 0 bridgehead atoms. The molecule has 6 nitrogen and oxygen atoms in total. The molecular formula is C19H19N3O3S2. The van der Waals surface area contributed by atoms with Gasteiger partial charge in [0.1, 0.15) is 6.04 Å². The number of hydrogen-bond donors (Lipinski definition) is 1. The van der Waals surface area contributed by atoms with E-state index in [1.807, 2.05) is 31.2 Å². The SMILES string of the molecule is Cc1ccc(S(=O)(=O)N2CCC[C@H]2C(=O)Nc2nc3ccccc3s2)cc1. The normalized spacial score (nSPS) is 18.0. The number of para-hydroxylation sites is 1. The molecule has 1 aliphatic heterocycles. The summed E-state index contributed by atoms with van der Waals surface area (Å²) in [5.41, 5.74) is 1.80. The number of nitrogens with zero attached hydrogens (tertiary/aromatic N) is 2. The number of anilines is 1. The van der Waals surface area contributed by atoms with E-state index in [1.54, 1.807) is 24.3 Å². The van der Waals surface area contributed by atoms with Gasteiger partial charge in [-0.15, -0.1) is 0 Å². The molecule has 2 aromatic carbocycles. The van der Waals surface area contributed by atoms with Gasteiger partial charge >= 0.3 is 0 Å². The number of carbonyl (C=O) groups is 1. The van der Waals surface area contributed by atoms with E-state index in [1.165, 1.54) is 15.6 Å².